The molecule has 0 aliphatic carbocycles. The van der Waals surface area contributed by atoms with E-state index in [0.717, 1.165) is 5.69 Å². The molecule has 4 aromatic rings. The highest BCUT2D eigenvalue weighted by atomic mass is 16.3. The number of imidazole rings is 1. The van der Waals surface area contributed by atoms with Gasteiger partial charge in [-0.25, -0.2) is 15.0 Å². The molecule has 1 amide bonds. The first-order valence-corrected chi connectivity index (χ1v) is 7.91. The van der Waals surface area contributed by atoms with E-state index in [0.29, 0.717) is 30.0 Å². The Morgan fingerprint density at radius 3 is 2.15 bits per heavy atom. The normalized spacial score (nSPS) is 10.8. The molecule has 1 aromatic carbocycles. The molecule has 0 bridgehead atoms. The van der Waals surface area contributed by atoms with Crippen LogP contribution in [0.2, 0.25) is 0 Å². The highest BCUT2D eigenvalue weighted by molar-refractivity contribution is 5.94. The van der Waals surface area contributed by atoms with Crippen LogP contribution in [0, 0.1) is 0 Å². The van der Waals surface area contributed by atoms with Crippen LogP contribution >= 0.6 is 0 Å². The van der Waals surface area contributed by atoms with Gasteiger partial charge in [-0.05, 0) is 24.3 Å². The maximum Gasteiger partial charge on any atom is 0.254 e. The molecule has 0 radical (unpaired) electrons. The van der Waals surface area contributed by atoms with E-state index in [2.05, 4.69) is 15.0 Å². The Labute approximate surface area is 148 Å². The van der Waals surface area contributed by atoms with Crippen LogP contribution in [0.5, 0.6) is 0 Å². The summed E-state index contributed by atoms with van der Waals surface area (Å²) in [6, 6.07) is 7.32. The first-order valence-electron chi connectivity index (χ1n) is 7.91. The summed E-state index contributed by atoms with van der Waals surface area (Å²) >= 11 is 0. The number of nitrogens with zero attached hydrogens (tertiary/aromatic N) is 5. The Morgan fingerprint density at radius 2 is 1.65 bits per heavy atom. The Kier molecular flexibility index (Phi) is 4.29. The van der Waals surface area contributed by atoms with Crippen LogP contribution in [-0.2, 0) is 13.1 Å². The van der Waals surface area contributed by atoms with Crippen LogP contribution in [0.1, 0.15) is 21.7 Å². The number of aromatic nitrogens is 4. The van der Waals surface area contributed by atoms with Crippen molar-refractivity contribution in [1.82, 2.24) is 24.4 Å². The van der Waals surface area contributed by atoms with Crippen LogP contribution in [-0.4, -0.2) is 30.3 Å². The van der Waals surface area contributed by atoms with E-state index in [1.807, 2.05) is 22.9 Å². The van der Waals surface area contributed by atoms with Gasteiger partial charge in [0.1, 0.15) is 12.5 Å². The van der Waals surface area contributed by atoms with Gasteiger partial charge >= 0.3 is 0 Å². The molecule has 0 aliphatic rings. The molecular formula is C18H15N5O3. The lowest BCUT2D eigenvalue weighted by atomic mass is 10.1. The third-order valence-electron chi connectivity index (χ3n) is 3.88. The minimum absolute atomic E-state index is 0.131. The summed E-state index contributed by atoms with van der Waals surface area (Å²) in [5.74, 6) is -0.131. The molecule has 130 valence electrons. The van der Waals surface area contributed by atoms with Crippen molar-refractivity contribution < 1.29 is 13.6 Å². The number of hydrogen-bond donors (Lipinski definition) is 0. The Morgan fingerprint density at radius 1 is 1.00 bits per heavy atom. The molecular weight excluding hydrogens is 334 g/mol. The first-order chi connectivity index (χ1) is 12.8. The molecule has 0 saturated carbocycles. The van der Waals surface area contributed by atoms with E-state index in [9.17, 15) is 4.79 Å². The van der Waals surface area contributed by atoms with Crippen molar-refractivity contribution in [1.29, 1.82) is 0 Å². The Balaban J connectivity index is 1.56. The number of carbonyl (C=O) groups excluding carboxylic acids is 1. The molecule has 4 rings (SSSR count). The monoisotopic (exact) mass is 349 g/mol. The molecule has 3 aromatic heterocycles. The molecule has 26 heavy (non-hydrogen) atoms. The third-order valence-corrected chi connectivity index (χ3v) is 3.88. The van der Waals surface area contributed by atoms with E-state index in [4.69, 9.17) is 8.83 Å². The lowest BCUT2D eigenvalue weighted by molar-refractivity contribution is 0.0725. The van der Waals surface area contributed by atoms with Gasteiger partial charge in [-0.15, -0.1) is 0 Å². The van der Waals surface area contributed by atoms with E-state index < -0.39 is 0 Å². The summed E-state index contributed by atoms with van der Waals surface area (Å²) in [4.78, 5) is 26.8. The van der Waals surface area contributed by atoms with Crippen LogP contribution in [0.25, 0.3) is 5.69 Å². The zero-order chi connectivity index (χ0) is 17.8. The molecule has 0 fully saturated rings. The number of carbonyl (C=O) groups is 1. The van der Waals surface area contributed by atoms with Gasteiger partial charge in [-0.2, -0.15) is 0 Å². The zero-order valence-corrected chi connectivity index (χ0v) is 13.7. The zero-order valence-electron chi connectivity index (χ0n) is 13.7. The number of benzene rings is 1. The SMILES string of the molecule is O=C(c1ccc(-n2ccnc2)cc1)N(Cc1cocn1)Cc1cocn1. The number of rotatable bonds is 6. The van der Waals surface area contributed by atoms with Crippen LogP contribution < -0.4 is 0 Å². The quantitative estimate of drug-likeness (QED) is 0.532. The number of hydrogen-bond acceptors (Lipinski definition) is 6. The maximum absolute atomic E-state index is 13.0. The van der Waals surface area contributed by atoms with E-state index in [1.54, 1.807) is 29.6 Å². The Bertz CT molecular complexity index is 909. The average Bonchev–Trinajstić information content (AvgIpc) is 3.43. The van der Waals surface area contributed by atoms with Gasteiger partial charge in [-0.3, -0.25) is 4.79 Å². The van der Waals surface area contributed by atoms with Gasteiger partial charge in [0.05, 0.1) is 30.8 Å². The molecule has 8 nitrogen and oxygen atoms in total. The van der Waals surface area contributed by atoms with Gasteiger partial charge in [0.25, 0.3) is 5.91 Å². The van der Waals surface area contributed by atoms with Crippen molar-refractivity contribution in [2.75, 3.05) is 0 Å². The molecule has 0 atom stereocenters. The van der Waals surface area contributed by atoms with Crippen molar-refractivity contribution in [2.45, 2.75) is 13.1 Å². The molecule has 0 N–H and O–H groups in total. The minimum atomic E-state index is -0.131. The molecule has 0 aliphatic heterocycles. The van der Waals surface area contributed by atoms with Crippen LogP contribution in [0.4, 0.5) is 0 Å². The third kappa shape index (κ3) is 3.39. The lowest BCUT2D eigenvalue weighted by Gasteiger charge is -2.20. The fraction of sp³-hybridized carbons (Fsp3) is 0.111. The molecule has 0 unspecified atom stereocenters. The second-order valence-electron chi connectivity index (χ2n) is 5.64. The molecule has 3 heterocycles. The highest BCUT2D eigenvalue weighted by Gasteiger charge is 2.19. The predicted octanol–water partition coefficient (Wildman–Crippen LogP) is 2.69. The average molecular weight is 349 g/mol. The van der Waals surface area contributed by atoms with Crippen molar-refractivity contribution >= 4 is 5.91 Å². The van der Waals surface area contributed by atoms with E-state index in [-0.39, 0.29) is 5.91 Å². The summed E-state index contributed by atoms with van der Waals surface area (Å²) in [6.07, 6.45) is 11.0. The number of oxazole rings is 2. The fourth-order valence-electron chi connectivity index (χ4n) is 2.59. The van der Waals surface area contributed by atoms with Gasteiger partial charge in [-0.1, -0.05) is 0 Å². The number of amides is 1. The summed E-state index contributed by atoms with van der Waals surface area (Å²) in [5, 5.41) is 0. The van der Waals surface area contributed by atoms with Crippen molar-refractivity contribution in [3.05, 3.63) is 85.3 Å². The van der Waals surface area contributed by atoms with E-state index in [1.165, 1.54) is 25.3 Å². The van der Waals surface area contributed by atoms with Crippen molar-refractivity contribution in [2.24, 2.45) is 0 Å². The second kappa shape index (κ2) is 7.06. The summed E-state index contributed by atoms with van der Waals surface area (Å²) < 4.78 is 11.9. The van der Waals surface area contributed by atoms with Crippen LogP contribution in [0.15, 0.2) is 77.1 Å². The summed E-state index contributed by atoms with van der Waals surface area (Å²) in [6.45, 7) is 0.622. The summed E-state index contributed by atoms with van der Waals surface area (Å²) in [7, 11) is 0. The fourth-order valence-corrected chi connectivity index (χ4v) is 2.59. The smallest absolute Gasteiger partial charge is 0.254 e. The molecule has 0 saturated heterocycles. The summed E-state index contributed by atoms with van der Waals surface area (Å²) in [5.41, 5.74) is 2.83. The standard InChI is InChI=1S/C18H15N5O3/c24-18(14-1-3-17(4-2-14)22-6-5-19-11-22)23(7-15-9-25-12-20-15)8-16-10-26-13-21-16/h1-6,9-13H,7-8H2. The maximum atomic E-state index is 13.0. The molecule has 0 spiro atoms. The van der Waals surface area contributed by atoms with Gasteiger partial charge in [0.15, 0.2) is 12.8 Å². The van der Waals surface area contributed by atoms with Gasteiger partial charge in [0, 0.05) is 23.6 Å². The topological polar surface area (TPSA) is 90.2 Å². The predicted molar refractivity (Wildman–Crippen MR) is 90.1 cm³/mol. The molecule has 8 heteroatoms. The van der Waals surface area contributed by atoms with Crippen molar-refractivity contribution in [3.8, 4) is 5.69 Å². The first kappa shape index (κ1) is 15.8. The van der Waals surface area contributed by atoms with Gasteiger partial charge in [0.2, 0.25) is 0 Å². The Hall–Kier alpha value is -3.68. The lowest BCUT2D eigenvalue weighted by Crippen LogP contribution is -2.30. The minimum Gasteiger partial charge on any atom is -0.451 e. The highest BCUT2D eigenvalue weighted by Crippen LogP contribution is 2.15. The second-order valence-corrected chi connectivity index (χ2v) is 5.64. The van der Waals surface area contributed by atoms with E-state index >= 15 is 0 Å². The van der Waals surface area contributed by atoms with Gasteiger partial charge < -0.3 is 18.3 Å². The largest absolute Gasteiger partial charge is 0.451 e. The van der Waals surface area contributed by atoms with Crippen LogP contribution in [0.3, 0.4) is 0 Å². The van der Waals surface area contributed by atoms with Crippen molar-refractivity contribution in [3.63, 3.8) is 0 Å².